The second-order valence-corrected chi connectivity index (χ2v) is 13.2. The van der Waals surface area contributed by atoms with E-state index in [9.17, 15) is 18.9 Å². The number of nitrogens with zero attached hydrogens (tertiary/aromatic N) is 1. The third kappa shape index (κ3) is 2.58. The number of aliphatic hydroxyl groups is 1. The van der Waals surface area contributed by atoms with Gasteiger partial charge in [-0.15, -0.1) is 0 Å². The molecule has 3 saturated carbocycles. The first-order valence-corrected chi connectivity index (χ1v) is 13.7. The molecule has 1 heterocycles. The number of likely N-dealkylation sites (tertiary alicyclic amines) is 1. The topological polar surface area (TPSA) is 83.9 Å². The number of amides is 2. The van der Waals surface area contributed by atoms with Crippen molar-refractivity contribution in [3.8, 4) is 5.75 Å². The zero-order chi connectivity index (χ0) is 24.0. The zero-order valence-corrected chi connectivity index (χ0v) is 20.8. The average molecular weight is 484 g/mol. The predicted molar refractivity (Wildman–Crippen MR) is 128 cm³/mol. The van der Waals surface area contributed by atoms with E-state index in [1.807, 2.05) is 36.4 Å². The van der Waals surface area contributed by atoms with Crippen molar-refractivity contribution < 1.29 is 23.6 Å². The number of methoxy groups -OCH3 is 1. The van der Waals surface area contributed by atoms with Gasteiger partial charge in [0.2, 0.25) is 11.8 Å². The van der Waals surface area contributed by atoms with Gasteiger partial charge in [0.25, 0.3) is 0 Å². The number of fused-ring (bicyclic) bond motifs is 7. The average Bonchev–Trinajstić information content (AvgIpc) is 3.57. The summed E-state index contributed by atoms with van der Waals surface area (Å²) in [6.07, 6.45) is 6.88. The Labute approximate surface area is 203 Å². The molecule has 1 aromatic carbocycles. The lowest BCUT2D eigenvalue weighted by Gasteiger charge is -2.43. The fourth-order valence-electron chi connectivity index (χ4n) is 8.18. The molecule has 1 saturated heterocycles. The van der Waals surface area contributed by atoms with Gasteiger partial charge in [0.1, 0.15) is 10.5 Å². The minimum Gasteiger partial charge on any atom is -0.497 e. The minimum atomic E-state index is -1.57. The number of aliphatic hydroxyl groups excluding tert-OH is 1. The number of benzene rings is 1. The van der Waals surface area contributed by atoms with Crippen LogP contribution in [-0.4, -0.2) is 49.7 Å². The van der Waals surface area contributed by atoms with Crippen molar-refractivity contribution in [2.75, 3.05) is 12.9 Å². The molecule has 1 aliphatic heterocycles. The molecule has 4 aliphatic carbocycles. The summed E-state index contributed by atoms with van der Waals surface area (Å²) in [6, 6.07) is 7.36. The van der Waals surface area contributed by atoms with E-state index in [-0.39, 0.29) is 35.6 Å². The van der Waals surface area contributed by atoms with Crippen LogP contribution < -0.4 is 4.74 Å². The van der Waals surface area contributed by atoms with Gasteiger partial charge in [0.05, 0.1) is 25.7 Å². The Morgan fingerprint density at radius 1 is 1.15 bits per heavy atom. The first-order valence-electron chi connectivity index (χ1n) is 12.4. The van der Waals surface area contributed by atoms with Gasteiger partial charge in [-0.25, -0.2) is 0 Å². The smallest absolute Gasteiger partial charge is 0.249 e. The second-order valence-electron chi connectivity index (χ2n) is 11.6. The number of allylic oxidation sites excluding steroid dienone is 2. The van der Waals surface area contributed by atoms with Gasteiger partial charge in [0, 0.05) is 27.9 Å². The number of rotatable bonds is 6. The summed E-state index contributed by atoms with van der Waals surface area (Å²) in [5, 5.41) is 11.1. The quantitative estimate of drug-likeness (QED) is 0.497. The molecule has 4 fully saturated rings. The van der Waals surface area contributed by atoms with Crippen LogP contribution in [0, 0.1) is 34.5 Å². The van der Waals surface area contributed by atoms with Crippen LogP contribution in [0.1, 0.15) is 45.1 Å². The number of hydrogen-bond donors (Lipinski definition) is 1. The van der Waals surface area contributed by atoms with Crippen molar-refractivity contribution in [2.24, 2.45) is 34.5 Å². The highest BCUT2D eigenvalue weighted by molar-refractivity contribution is 7.87. The van der Waals surface area contributed by atoms with Crippen LogP contribution in [0.5, 0.6) is 5.75 Å². The lowest BCUT2D eigenvalue weighted by Crippen LogP contribution is -2.55. The Morgan fingerprint density at radius 3 is 2.50 bits per heavy atom. The Balaban J connectivity index is 1.35. The van der Waals surface area contributed by atoms with E-state index in [2.05, 4.69) is 13.8 Å². The van der Waals surface area contributed by atoms with Crippen molar-refractivity contribution in [3.63, 3.8) is 0 Å². The summed E-state index contributed by atoms with van der Waals surface area (Å²) >= 11 is 0. The lowest BCUT2D eigenvalue weighted by molar-refractivity contribution is -0.141. The highest BCUT2D eigenvalue weighted by atomic mass is 32.2. The Kier molecular flexibility index (Phi) is 4.80. The number of ether oxygens (including phenoxy) is 1. The van der Waals surface area contributed by atoms with Crippen molar-refractivity contribution in [1.82, 2.24) is 4.90 Å². The van der Waals surface area contributed by atoms with E-state index >= 15 is 0 Å². The van der Waals surface area contributed by atoms with Crippen molar-refractivity contribution >= 4 is 22.6 Å². The van der Waals surface area contributed by atoms with Crippen LogP contribution in [0.2, 0.25) is 0 Å². The molecule has 182 valence electrons. The predicted octanol–water partition coefficient (Wildman–Crippen LogP) is 3.06. The molecule has 8 atom stereocenters. The summed E-state index contributed by atoms with van der Waals surface area (Å²) < 4.78 is 18.4. The molecule has 1 aromatic rings. The Morgan fingerprint density at radius 2 is 1.88 bits per heavy atom. The molecular formula is C27H33NO5S. The summed E-state index contributed by atoms with van der Waals surface area (Å²) in [7, 11) is 0.0288. The molecule has 1 N–H and O–H groups in total. The molecule has 5 aliphatic rings. The Hall–Kier alpha value is -1.99. The SMILES string of the molecule is COc1ccc(CN2C(=O)[C@@H]3[C@@H]4C=C[C@@H](C4)[C@]3([S@](=O)C[C@]34CC[C@H](C[C@H]3O)C4(C)C)C2=O)cc1. The van der Waals surface area contributed by atoms with E-state index in [0.717, 1.165) is 24.8 Å². The van der Waals surface area contributed by atoms with Crippen LogP contribution in [0.25, 0.3) is 0 Å². The van der Waals surface area contributed by atoms with Gasteiger partial charge >= 0.3 is 0 Å². The van der Waals surface area contributed by atoms with Crippen molar-refractivity contribution in [2.45, 2.75) is 56.9 Å². The van der Waals surface area contributed by atoms with Gasteiger partial charge in [0.15, 0.2) is 0 Å². The highest BCUT2D eigenvalue weighted by Gasteiger charge is 2.74. The number of carbonyl (C=O) groups excluding carboxylic acids is 2. The lowest BCUT2D eigenvalue weighted by atomic mass is 9.70. The number of hydrogen-bond acceptors (Lipinski definition) is 5. The first kappa shape index (κ1) is 22.5. The van der Waals surface area contributed by atoms with Gasteiger partial charge in [-0.3, -0.25) is 18.7 Å². The molecule has 0 spiro atoms. The second kappa shape index (κ2) is 7.26. The molecular weight excluding hydrogens is 450 g/mol. The van der Waals surface area contributed by atoms with Crippen LogP contribution >= 0.6 is 0 Å². The molecule has 2 amide bonds. The van der Waals surface area contributed by atoms with Gasteiger partial charge in [-0.1, -0.05) is 38.1 Å². The van der Waals surface area contributed by atoms with E-state index in [4.69, 9.17) is 4.74 Å². The third-order valence-electron chi connectivity index (χ3n) is 10.3. The van der Waals surface area contributed by atoms with Crippen molar-refractivity contribution in [3.05, 3.63) is 42.0 Å². The molecule has 34 heavy (non-hydrogen) atoms. The maximum atomic E-state index is 14.4. The van der Waals surface area contributed by atoms with Gasteiger partial charge < -0.3 is 9.84 Å². The van der Waals surface area contributed by atoms with E-state index in [0.29, 0.717) is 23.8 Å². The molecule has 6 nitrogen and oxygen atoms in total. The maximum Gasteiger partial charge on any atom is 0.249 e. The molecule has 0 aromatic heterocycles. The van der Waals surface area contributed by atoms with Crippen LogP contribution in [-0.2, 0) is 26.9 Å². The first-order chi connectivity index (χ1) is 16.2. The minimum absolute atomic E-state index is 0.0402. The van der Waals surface area contributed by atoms with Crippen LogP contribution in [0.15, 0.2) is 36.4 Å². The fraction of sp³-hybridized carbons (Fsp3) is 0.630. The van der Waals surface area contributed by atoms with Crippen molar-refractivity contribution in [1.29, 1.82) is 0 Å². The summed E-state index contributed by atoms with van der Waals surface area (Å²) in [5.74, 6) is 0.151. The van der Waals surface area contributed by atoms with Gasteiger partial charge in [-0.05, 0) is 60.6 Å². The zero-order valence-electron chi connectivity index (χ0n) is 20.0. The standard InChI is InChI=1S/C27H33NO5S/c1-25(2)18-10-11-26(25,21(29)13-18)15-34(32)27-19-7-6-17(12-19)22(27)23(30)28(24(27)31)14-16-4-8-20(33-3)9-5-16/h4-9,17-19,21-22,29H,10-15H2,1-3H3/t17-,18-,19+,21-,22+,26-,27-,34-/m1/s1. The summed E-state index contributed by atoms with van der Waals surface area (Å²) in [6.45, 7) is 4.55. The molecule has 4 bridgehead atoms. The Bertz CT molecular complexity index is 1110. The largest absolute Gasteiger partial charge is 0.497 e. The molecule has 7 heteroatoms. The van der Waals surface area contributed by atoms with E-state index < -0.39 is 33.0 Å². The van der Waals surface area contributed by atoms with Crippen LogP contribution in [0.4, 0.5) is 0 Å². The van der Waals surface area contributed by atoms with E-state index in [1.54, 1.807) is 7.11 Å². The molecule has 0 unspecified atom stereocenters. The fourth-order valence-corrected chi connectivity index (χ4v) is 11.0. The number of imide groups is 1. The number of carbonyl (C=O) groups is 2. The summed E-state index contributed by atoms with van der Waals surface area (Å²) in [5.41, 5.74) is 0.254. The highest BCUT2D eigenvalue weighted by Crippen LogP contribution is 2.67. The monoisotopic (exact) mass is 483 g/mol. The van der Waals surface area contributed by atoms with Crippen LogP contribution in [0.3, 0.4) is 0 Å². The normalized spacial score (nSPS) is 42.0. The summed E-state index contributed by atoms with van der Waals surface area (Å²) in [4.78, 5) is 29.1. The molecule has 6 rings (SSSR count). The maximum absolute atomic E-state index is 14.4. The van der Waals surface area contributed by atoms with Gasteiger partial charge in [-0.2, -0.15) is 0 Å². The molecule has 0 radical (unpaired) electrons. The third-order valence-corrected chi connectivity index (χ3v) is 12.6. The van der Waals surface area contributed by atoms with E-state index in [1.165, 1.54) is 4.90 Å².